The number of thiophene rings is 1. The van der Waals surface area contributed by atoms with Crippen LogP contribution in [0.3, 0.4) is 0 Å². The second kappa shape index (κ2) is 5.39. The molecule has 2 aromatic rings. The van der Waals surface area contributed by atoms with Gasteiger partial charge in [-0.05, 0) is 35.6 Å². The average Bonchev–Trinajstić information content (AvgIpc) is 3.08. The monoisotopic (exact) mass is 289 g/mol. The Bertz CT molecular complexity index is 562. The molecule has 19 heavy (non-hydrogen) atoms. The number of hydrogen-bond donors (Lipinski definition) is 0. The van der Waals surface area contributed by atoms with Crippen molar-refractivity contribution in [3.05, 3.63) is 52.2 Å². The smallest absolute Gasteiger partial charge is 0.238 e. The van der Waals surface area contributed by atoms with Crippen LogP contribution in [-0.4, -0.2) is 11.7 Å². The summed E-state index contributed by atoms with van der Waals surface area (Å²) in [5.74, 6) is 0.769. The highest BCUT2D eigenvalue weighted by Gasteiger charge is 2.34. The number of hydrogen-bond acceptors (Lipinski definition) is 3. The van der Waals surface area contributed by atoms with Crippen LogP contribution in [0.1, 0.15) is 22.7 Å². The van der Waals surface area contributed by atoms with Crippen LogP contribution in [0, 0.1) is 0 Å². The number of carbonyl (C=O) groups is 1. The second-order valence-electron chi connectivity index (χ2n) is 4.46. The van der Waals surface area contributed by atoms with E-state index in [0.717, 1.165) is 12.1 Å². The van der Waals surface area contributed by atoms with Crippen LogP contribution >= 0.6 is 23.1 Å². The summed E-state index contributed by atoms with van der Waals surface area (Å²) < 4.78 is 0. The number of carbonyl (C=O) groups excluding carboxylic acids is 1. The highest BCUT2D eigenvalue weighted by atomic mass is 32.2. The van der Waals surface area contributed by atoms with Gasteiger partial charge in [0.1, 0.15) is 5.37 Å². The third kappa shape index (κ3) is 2.42. The van der Waals surface area contributed by atoms with Crippen molar-refractivity contribution in [1.82, 2.24) is 0 Å². The number of nitrogens with zero attached hydrogens (tertiary/aromatic N) is 1. The zero-order valence-electron chi connectivity index (χ0n) is 10.7. The van der Waals surface area contributed by atoms with E-state index in [4.69, 9.17) is 0 Å². The van der Waals surface area contributed by atoms with E-state index in [-0.39, 0.29) is 11.3 Å². The lowest BCUT2D eigenvalue weighted by molar-refractivity contribution is -0.115. The molecule has 0 bridgehead atoms. The number of aryl methyl sites for hydroxylation is 1. The van der Waals surface area contributed by atoms with Gasteiger partial charge in [-0.15, -0.1) is 23.1 Å². The summed E-state index contributed by atoms with van der Waals surface area (Å²) in [6.45, 7) is 2.14. The van der Waals surface area contributed by atoms with Crippen molar-refractivity contribution in [2.24, 2.45) is 0 Å². The molecule has 2 heterocycles. The molecule has 98 valence electrons. The first-order chi connectivity index (χ1) is 9.29. The first kappa shape index (κ1) is 12.8. The van der Waals surface area contributed by atoms with Gasteiger partial charge in [0.05, 0.1) is 5.75 Å². The van der Waals surface area contributed by atoms with Gasteiger partial charge in [0.25, 0.3) is 0 Å². The molecular weight excluding hydrogens is 274 g/mol. The lowest BCUT2D eigenvalue weighted by Crippen LogP contribution is -2.27. The topological polar surface area (TPSA) is 20.3 Å². The van der Waals surface area contributed by atoms with Crippen LogP contribution in [0.5, 0.6) is 0 Å². The summed E-state index contributed by atoms with van der Waals surface area (Å²) >= 11 is 3.42. The largest absolute Gasteiger partial charge is 0.294 e. The average molecular weight is 289 g/mol. The Kier molecular flexibility index (Phi) is 3.62. The quantitative estimate of drug-likeness (QED) is 0.848. The van der Waals surface area contributed by atoms with Crippen molar-refractivity contribution in [2.75, 3.05) is 10.7 Å². The van der Waals surface area contributed by atoms with E-state index in [1.54, 1.807) is 23.1 Å². The molecule has 1 fully saturated rings. The zero-order valence-corrected chi connectivity index (χ0v) is 12.3. The molecule has 0 N–H and O–H groups in total. The second-order valence-corrected chi connectivity index (χ2v) is 6.51. The van der Waals surface area contributed by atoms with Gasteiger partial charge in [0.2, 0.25) is 5.91 Å². The molecule has 1 saturated heterocycles. The third-order valence-electron chi connectivity index (χ3n) is 3.28. The summed E-state index contributed by atoms with van der Waals surface area (Å²) in [5, 5.41) is 2.21. The summed E-state index contributed by atoms with van der Waals surface area (Å²) in [7, 11) is 0. The predicted molar refractivity (Wildman–Crippen MR) is 82.8 cm³/mol. The minimum atomic E-state index is 0.139. The van der Waals surface area contributed by atoms with E-state index in [0.29, 0.717) is 5.75 Å². The van der Waals surface area contributed by atoms with E-state index in [9.17, 15) is 4.79 Å². The van der Waals surface area contributed by atoms with Gasteiger partial charge >= 0.3 is 0 Å². The van der Waals surface area contributed by atoms with Gasteiger partial charge in [-0.25, -0.2) is 0 Å². The van der Waals surface area contributed by atoms with Gasteiger partial charge < -0.3 is 0 Å². The molecule has 1 aromatic carbocycles. The maximum absolute atomic E-state index is 12.1. The first-order valence-corrected chi connectivity index (χ1v) is 8.28. The molecule has 0 saturated carbocycles. The van der Waals surface area contributed by atoms with Crippen LogP contribution in [0.15, 0.2) is 41.8 Å². The Morgan fingerprint density at radius 2 is 2.05 bits per heavy atom. The number of thioether (sulfide) groups is 1. The van der Waals surface area contributed by atoms with Crippen LogP contribution in [0.25, 0.3) is 0 Å². The molecule has 1 unspecified atom stereocenters. The zero-order chi connectivity index (χ0) is 13.2. The van der Waals surface area contributed by atoms with Crippen LogP contribution < -0.4 is 4.90 Å². The maximum Gasteiger partial charge on any atom is 0.238 e. The van der Waals surface area contributed by atoms with Crippen molar-refractivity contribution in [3.8, 4) is 0 Å². The number of rotatable bonds is 3. The summed E-state index contributed by atoms with van der Waals surface area (Å²) in [6, 6.07) is 12.5. The molecule has 1 atom stereocenters. The van der Waals surface area contributed by atoms with E-state index in [2.05, 4.69) is 42.6 Å². The SMILES string of the molecule is CCc1ccc(N2C(=O)CSC2c2cccs2)cc1. The maximum atomic E-state index is 12.1. The molecule has 0 radical (unpaired) electrons. The molecule has 1 aromatic heterocycles. The summed E-state index contributed by atoms with van der Waals surface area (Å²) in [6.07, 6.45) is 1.03. The highest BCUT2D eigenvalue weighted by Crippen LogP contribution is 2.43. The minimum Gasteiger partial charge on any atom is -0.294 e. The fourth-order valence-electron chi connectivity index (χ4n) is 2.24. The number of anilines is 1. The van der Waals surface area contributed by atoms with Crippen LogP contribution in [0.4, 0.5) is 5.69 Å². The van der Waals surface area contributed by atoms with Gasteiger partial charge in [-0.3, -0.25) is 9.69 Å². The lowest BCUT2D eigenvalue weighted by Gasteiger charge is -2.23. The standard InChI is InChI=1S/C15H15NOS2/c1-2-11-5-7-12(8-6-11)16-14(17)10-19-15(16)13-4-3-9-18-13/h3-9,15H,2,10H2,1H3. The van der Waals surface area contributed by atoms with Gasteiger partial charge in [-0.1, -0.05) is 25.1 Å². The van der Waals surface area contributed by atoms with E-state index < -0.39 is 0 Å². The molecule has 1 aliphatic heterocycles. The van der Waals surface area contributed by atoms with Gasteiger partial charge in [0, 0.05) is 10.6 Å². The van der Waals surface area contributed by atoms with Crippen molar-refractivity contribution < 1.29 is 4.79 Å². The third-order valence-corrected chi connectivity index (χ3v) is 5.55. The minimum absolute atomic E-state index is 0.139. The summed E-state index contributed by atoms with van der Waals surface area (Å²) in [4.78, 5) is 15.3. The lowest BCUT2D eigenvalue weighted by atomic mass is 10.1. The normalized spacial score (nSPS) is 19.1. The Hall–Kier alpha value is -1.26. The Morgan fingerprint density at radius 3 is 2.68 bits per heavy atom. The molecule has 1 aliphatic rings. The molecule has 0 spiro atoms. The Morgan fingerprint density at radius 1 is 1.26 bits per heavy atom. The fourth-order valence-corrected chi connectivity index (χ4v) is 4.37. The van der Waals surface area contributed by atoms with Crippen LogP contribution in [0.2, 0.25) is 0 Å². The Labute approximate surface area is 121 Å². The van der Waals surface area contributed by atoms with Gasteiger partial charge in [0.15, 0.2) is 0 Å². The number of benzene rings is 1. The van der Waals surface area contributed by atoms with E-state index in [1.165, 1.54) is 10.4 Å². The van der Waals surface area contributed by atoms with Crippen LogP contribution in [-0.2, 0) is 11.2 Å². The van der Waals surface area contributed by atoms with E-state index >= 15 is 0 Å². The fraction of sp³-hybridized carbons (Fsp3) is 0.267. The predicted octanol–water partition coefficient (Wildman–Crippen LogP) is 4.09. The summed E-state index contributed by atoms with van der Waals surface area (Å²) in [5.41, 5.74) is 2.31. The molecular formula is C15H15NOS2. The molecule has 2 nitrogen and oxygen atoms in total. The first-order valence-electron chi connectivity index (χ1n) is 6.35. The van der Waals surface area contributed by atoms with Crippen molar-refractivity contribution >= 4 is 34.7 Å². The van der Waals surface area contributed by atoms with Crippen molar-refractivity contribution in [1.29, 1.82) is 0 Å². The van der Waals surface area contributed by atoms with E-state index in [1.807, 2.05) is 11.0 Å². The number of amides is 1. The van der Waals surface area contributed by atoms with Gasteiger partial charge in [-0.2, -0.15) is 0 Å². The molecule has 3 rings (SSSR count). The molecule has 0 aliphatic carbocycles. The molecule has 4 heteroatoms. The highest BCUT2D eigenvalue weighted by molar-refractivity contribution is 8.01. The molecule has 1 amide bonds. The Balaban J connectivity index is 1.93. The van der Waals surface area contributed by atoms with Crippen molar-refractivity contribution in [2.45, 2.75) is 18.7 Å². The van der Waals surface area contributed by atoms with Crippen molar-refractivity contribution in [3.63, 3.8) is 0 Å².